The van der Waals surface area contributed by atoms with Gasteiger partial charge in [0.2, 0.25) is 0 Å². The number of hydrogen-bond acceptors (Lipinski definition) is 3. The van der Waals surface area contributed by atoms with Gasteiger partial charge >= 0.3 is 0 Å². The number of nitrogens with two attached hydrogens (primary N) is 1. The zero-order valence-electron chi connectivity index (χ0n) is 13.5. The van der Waals surface area contributed by atoms with Crippen LogP contribution in [0.25, 0.3) is 0 Å². The van der Waals surface area contributed by atoms with Crippen molar-refractivity contribution in [1.82, 2.24) is 0 Å². The molecular weight excluding hydrogens is 290 g/mol. The monoisotopic (exact) mass is 316 g/mol. The van der Waals surface area contributed by atoms with E-state index in [1.807, 2.05) is 18.2 Å². The number of benzene rings is 2. The number of para-hydroxylation sites is 1. The molecule has 0 saturated carbocycles. The molecule has 0 saturated heterocycles. The van der Waals surface area contributed by atoms with Crippen LogP contribution >= 0.6 is 0 Å². The average Bonchev–Trinajstić information content (AvgIpc) is 2.59. The molecular formula is C19H26NO3+. The van der Waals surface area contributed by atoms with Gasteiger partial charge in [0.1, 0.15) is 18.9 Å². The molecule has 0 aromatic heterocycles. The van der Waals surface area contributed by atoms with Crippen LogP contribution in [0.4, 0.5) is 0 Å². The van der Waals surface area contributed by atoms with Crippen molar-refractivity contribution in [3.05, 3.63) is 65.7 Å². The summed E-state index contributed by atoms with van der Waals surface area (Å²) in [7, 11) is 0. The Morgan fingerprint density at radius 2 is 1.57 bits per heavy atom. The molecule has 0 atom stereocenters. The maximum absolute atomic E-state index is 8.61. The molecule has 4 nitrogen and oxygen atoms in total. The maximum atomic E-state index is 8.61. The van der Waals surface area contributed by atoms with Crippen LogP contribution in [-0.4, -0.2) is 44.6 Å². The smallest absolute Gasteiger partial charge is 0.137 e. The van der Waals surface area contributed by atoms with Gasteiger partial charge in [-0.1, -0.05) is 48.5 Å². The molecule has 0 aliphatic rings. The molecule has 0 unspecified atom stereocenters. The number of hydrogen-bond donors (Lipinski definition) is 2. The zero-order chi connectivity index (χ0) is 16.2. The number of ether oxygens (including phenoxy) is 2. The first kappa shape index (κ1) is 17.5. The highest BCUT2D eigenvalue weighted by atomic mass is 16.5. The van der Waals surface area contributed by atoms with Gasteiger partial charge in [0.15, 0.2) is 0 Å². The summed E-state index contributed by atoms with van der Waals surface area (Å²) in [6, 6.07) is 18.6. The molecule has 0 aliphatic heterocycles. The highest BCUT2D eigenvalue weighted by Crippen LogP contribution is 2.21. The molecule has 0 fully saturated rings. The summed E-state index contributed by atoms with van der Waals surface area (Å²) in [6.07, 6.45) is 0.885. The Morgan fingerprint density at radius 1 is 0.826 bits per heavy atom. The van der Waals surface area contributed by atoms with E-state index in [0.29, 0.717) is 19.8 Å². The van der Waals surface area contributed by atoms with E-state index < -0.39 is 0 Å². The van der Waals surface area contributed by atoms with Crippen molar-refractivity contribution in [3.63, 3.8) is 0 Å². The lowest BCUT2D eigenvalue weighted by Gasteiger charge is -2.11. The summed E-state index contributed by atoms with van der Waals surface area (Å²) in [6.45, 7) is 3.60. The van der Waals surface area contributed by atoms with Gasteiger partial charge in [-0.3, -0.25) is 0 Å². The Hall–Kier alpha value is -1.88. The van der Waals surface area contributed by atoms with E-state index in [-0.39, 0.29) is 6.61 Å². The second-order valence-corrected chi connectivity index (χ2v) is 5.32. The minimum Gasteiger partial charge on any atom is -0.487 e. The predicted octanol–water partition coefficient (Wildman–Crippen LogP) is 1.23. The van der Waals surface area contributed by atoms with Crippen molar-refractivity contribution in [2.24, 2.45) is 0 Å². The maximum Gasteiger partial charge on any atom is 0.137 e. The van der Waals surface area contributed by atoms with E-state index >= 15 is 0 Å². The summed E-state index contributed by atoms with van der Waals surface area (Å²) in [5, 5.41) is 10.8. The molecule has 4 heteroatoms. The Balaban J connectivity index is 1.73. The SMILES string of the molecule is OCCOCC[NH2+]CCOc1ccccc1Cc1ccccc1. The van der Waals surface area contributed by atoms with E-state index in [1.54, 1.807) is 0 Å². The standard InChI is InChI=1S/C19H25NO3/c21-12-15-22-13-10-20-11-14-23-19-9-5-4-8-18(19)16-17-6-2-1-3-7-17/h1-9,20-21H,10-16H2/p+1. The number of aliphatic hydroxyl groups excluding tert-OH is 1. The first-order chi connectivity index (χ1) is 11.4. The molecule has 0 bridgehead atoms. The number of aliphatic hydroxyl groups is 1. The highest BCUT2D eigenvalue weighted by molar-refractivity contribution is 5.37. The first-order valence-corrected chi connectivity index (χ1v) is 8.15. The van der Waals surface area contributed by atoms with E-state index in [1.165, 1.54) is 11.1 Å². The fourth-order valence-corrected chi connectivity index (χ4v) is 2.34. The minimum absolute atomic E-state index is 0.0846. The van der Waals surface area contributed by atoms with Crippen molar-refractivity contribution in [2.45, 2.75) is 6.42 Å². The van der Waals surface area contributed by atoms with Gasteiger partial charge in [-0.15, -0.1) is 0 Å². The lowest BCUT2D eigenvalue weighted by Crippen LogP contribution is -2.86. The molecule has 0 aliphatic carbocycles. The summed E-state index contributed by atoms with van der Waals surface area (Å²) in [4.78, 5) is 0. The van der Waals surface area contributed by atoms with Gasteiger partial charge in [0.25, 0.3) is 0 Å². The van der Waals surface area contributed by atoms with E-state index in [2.05, 4.69) is 41.7 Å². The molecule has 124 valence electrons. The third-order valence-corrected chi connectivity index (χ3v) is 3.49. The Kier molecular flexibility index (Phi) is 8.19. The second kappa shape index (κ2) is 10.8. The fourth-order valence-electron chi connectivity index (χ4n) is 2.34. The van der Waals surface area contributed by atoms with Crippen LogP contribution in [0, 0.1) is 0 Å². The zero-order valence-corrected chi connectivity index (χ0v) is 13.5. The van der Waals surface area contributed by atoms with Crippen LogP contribution in [0.15, 0.2) is 54.6 Å². The van der Waals surface area contributed by atoms with Gasteiger partial charge in [-0.25, -0.2) is 0 Å². The number of quaternary nitrogens is 1. The van der Waals surface area contributed by atoms with Crippen molar-refractivity contribution in [2.75, 3.05) is 39.5 Å². The van der Waals surface area contributed by atoms with Gasteiger partial charge in [-0.05, 0) is 17.2 Å². The van der Waals surface area contributed by atoms with Crippen molar-refractivity contribution in [1.29, 1.82) is 0 Å². The van der Waals surface area contributed by atoms with Crippen LogP contribution in [0.2, 0.25) is 0 Å². The summed E-state index contributed by atoms with van der Waals surface area (Å²) in [5.74, 6) is 0.960. The van der Waals surface area contributed by atoms with E-state index in [9.17, 15) is 0 Å². The Morgan fingerprint density at radius 3 is 2.39 bits per heavy atom. The normalized spacial score (nSPS) is 10.7. The lowest BCUT2D eigenvalue weighted by molar-refractivity contribution is -0.656. The second-order valence-electron chi connectivity index (χ2n) is 5.32. The van der Waals surface area contributed by atoms with Crippen molar-refractivity contribution < 1.29 is 19.9 Å². The summed E-state index contributed by atoms with van der Waals surface area (Å²) in [5.41, 5.74) is 2.50. The third kappa shape index (κ3) is 6.82. The van der Waals surface area contributed by atoms with Crippen molar-refractivity contribution >= 4 is 0 Å². The predicted molar refractivity (Wildman–Crippen MR) is 90.7 cm³/mol. The molecule has 3 N–H and O–H groups in total. The molecule has 2 aromatic rings. The molecule has 2 rings (SSSR count). The molecule has 0 heterocycles. The van der Waals surface area contributed by atoms with E-state index in [0.717, 1.165) is 25.3 Å². The molecule has 23 heavy (non-hydrogen) atoms. The van der Waals surface area contributed by atoms with Crippen LogP contribution in [0.1, 0.15) is 11.1 Å². The lowest BCUT2D eigenvalue weighted by atomic mass is 10.0. The van der Waals surface area contributed by atoms with Gasteiger partial charge in [0, 0.05) is 6.42 Å². The van der Waals surface area contributed by atoms with Gasteiger partial charge < -0.3 is 19.9 Å². The largest absolute Gasteiger partial charge is 0.487 e. The molecule has 0 radical (unpaired) electrons. The summed E-state index contributed by atoms with van der Waals surface area (Å²) >= 11 is 0. The minimum atomic E-state index is 0.0846. The first-order valence-electron chi connectivity index (χ1n) is 8.15. The topological polar surface area (TPSA) is 55.3 Å². The fraction of sp³-hybridized carbons (Fsp3) is 0.368. The number of rotatable bonds is 11. The third-order valence-electron chi connectivity index (χ3n) is 3.49. The van der Waals surface area contributed by atoms with Crippen molar-refractivity contribution in [3.8, 4) is 5.75 Å². The van der Waals surface area contributed by atoms with Crippen LogP contribution in [0.3, 0.4) is 0 Å². The molecule has 2 aromatic carbocycles. The Bertz CT molecular complexity index is 545. The highest BCUT2D eigenvalue weighted by Gasteiger charge is 2.04. The van der Waals surface area contributed by atoms with E-state index in [4.69, 9.17) is 14.6 Å². The molecule has 0 spiro atoms. The van der Waals surface area contributed by atoms with Crippen LogP contribution < -0.4 is 10.1 Å². The average molecular weight is 316 g/mol. The van der Waals surface area contributed by atoms with Crippen LogP contribution in [-0.2, 0) is 11.2 Å². The quantitative estimate of drug-likeness (QED) is 0.613. The summed E-state index contributed by atoms with van der Waals surface area (Å²) < 4.78 is 11.1. The van der Waals surface area contributed by atoms with Gasteiger partial charge in [-0.2, -0.15) is 0 Å². The molecule has 0 amide bonds. The van der Waals surface area contributed by atoms with Crippen LogP contribution in [0.5, 0.6) is 5.75 Å². The van der Waals surface area contributed by atoms with Gasteiger partial charge in [0.05, 0.1) is 26.4 Å². The Labute approximate surface area is 138 Å².